The minimum absolute atomic E-state index is 0.267. The highest BCUT2D eigenvalue weighted by Gasteiger charge is 2.16. The second-order valence-corrected chi connectivity index (χ2v) is 5.89. The highest BCUT2D eigenvalue weighted by Crippen LogP contribution is 2.33. The standard InChI is InChI=1S/C14H18FN3O2S/c1-4-5-18-13(20)16-17-14(18)21-12-6-8(2)11(15)7-10(12)9(3)19/h6-7,9,19H,4-5H2,1-3H3,(H,16,20)/t9-/m0/s1. The lowest BCUT2D eigenvalue weighted by Gasteiger charge is -2.13. The predicted octanol–water partition coefficient (Wildman–Crippen LogP) is 2.63. The largest absolute Gasteiger partial charge is 0.389 e. The third-order valence-corrected chi connectivity index (χ3v) is 4.18. The zero-order valence-corrected chi connectivity index (χ0v) is 13.0. The quantitative estimate of drug-likeness (QED) is 0.890. The summed E-state index contributed by atoms with van der Waals surface area (Å²) in [6, 6.07) is 2.99. The molecule has 1 heterocycles. The molecule has 1 aromatic carbocycles. The molecule has 1 aromatic heterocycles. The Kier molecular flexibility index (Phi) is 4.84. The van der Waals surface area contributed by atoms with E-state index in [9.17, 15) is 14.3 Å². The average Bonchev–Trinajstić information content (AvgIpc) is 2.75. The Balaban J connectivity index is 2.44. The minimum atomic E-state index is -0.798. The van der Waals surface area contributed by atoms with Crippen molar-refractivity contribution in [2.24, 2.45) is 0 Å². The molecule has 0 aliphatic heterocycles. The molecule has 2 rings (SSSR count). The molecule has 0 fully saturated rings. The summed E-state index contributed by atoms with van der Waals surface area (Å²) in [5, 5.41) is 16.7. The van der Waals surface area contributed by atoms with Crippen LogP contribution < -0.4 is 5.69 Å². The summed E-state index contributed by atoms with van der Waals surface area (Å²) in [5.41, 5.74) is 0.709. The average molecular weight is 311 g/mol. The maximum Gasteiger partial charge on any atom is 0.343 e. The third kappa shape index (κ3) is 3.36. The first kappa shape index (κ1) is 15.8. The van der Waals surface area contributed by atoms with Crippen molar-refractivity contribution in [2.45, 2.75) is 49.9 Å². The number of aromatic amines is 1. The van der Waals surface area contributed by atoms with Crippen molar-refractivity contribution in [1.29, 1.82) is 0 Å². The number of aliphatic hydroxyl groups excluding tert-OH is 1. The highest BCUT2D eigenvalue weighted by atomic mass is 32.2. The number of aromatic nitrogens is 3. The van der Waals surface area contributed by atoms with E-state index in [0.29, 0.717) is 27.7 Å². The molecule has 2 N–H and O–H groups in total. The van der Waals surface area contributed by atoms with Crippen LogP contribution in [0.1, 0.15) is 37.5 Å². The van der Waals surface area contributed by atoms with Crippen molar-refractivity contribution < 1.29 is 9.50 Å². The second-order valence-electron chi connectivity index (χ2n) is 4.88. The van der Waals surface area contributed by atoms with Gasteiger partial charge in [0.15, 0.2) is 5.16 Å². The maximum atomic E-state index is 13.7. The zero-order valence-electron chi connectivity index (χ0n) is 12.2. The van der Waals surface area contributed by atoms with Gasteiger partial charge in [0.2, 0.25) is 0 Å². The van der Waals surface area contributed by atoms with Gasteiger partial charge in [-0.15, -0.1) is 5.10 Å². The van der Waals surface area contributed by atoms with E-state index >= 15 is 0 Å². The molecule has 114 valence electrons. The molecular weight excluding hydrogens is 293 g/mol. The molecule has 0 aliphatic carbocycles. The first-order chi connectivity index (χ1) is 9.93. The van der Waals surface area contributed by atoms with Crippen LogP contribution in [0.5, 0.6) is 0 Å². The van der Waals surface area contributed by atoms with E-state index in [4.69, 9.17) is 0 Å². The summed E-state index contributed by atoms with van der Waals surface area (Å²) in [5.74, 6) is -0.358. The summed E-state index contributed by atoms with van der Waals surface area (Å²) in [4.78, 5) is 12.4. The van der Waals surface area contributed by atoms with E-state index in [-0.39, 0.29) is 11.5 Å². The van der Waals surface area contributed by atoms with Gasteiger partial charge in [-0.1, -0.05) is 6.92 Å². The molecule has 0 saturated heterocycles. The number of hydrogen-bond donors (Lipinski definition) is 2. The van der Waals surface area contributed by atoms with Gasteiger partial charge < -0.3 is 5.11 Å². The lowest BCUT2D eigenvalue weighted by Crippen LogP contribution is -2.17. The van der Waals surface area contributed by atoms with E-state index in [1.165, 1.54) is 22.4 Å². The lowest BCUT2D eigenvalue weighted by molar-refractivity contribution is 0.196. The first-order valence-electron chi connectivity index (χ1n) is 6.75. The fourth-order valence-corrected chi connectivity index (χ4v) is 3.14. The Morgan fingerprint density at radius 2 is 2.24 bits per heavy atom. The normalized spacial score (nSPS) is 12.6. The molecule has 7 heteroatoms. The van der Waals surface area contributed by atoms with E-state index < -0.39 is 6.10 Å². The number of nitrogens with zero attached hydrogens (tertiary/aromatic N) is 2. The highest BCUT2D eigenvalue weighted by molar-refractivity contribution is 7.99. The lowest BCUT2D eigenvalue weighted by atomic mass is 10.1. The van der Waals surface area contributed by atoms with Crippen LogP contribution >= 0.6 is 11.8 Å². The summed E-state index contributed by atoms with van der Waals surface area (Å²) in [6.07, 6.45) is 0.00602. The molecule has 2 aromatic rings. The molecule has 0 aliphatic rings. The molecular formula is C14H18FN3O2S. The fourth-order valence-electron chi connectivity index (χ4n) is 1.99. The van der Waals surface area contributed by atoms with Gasteiger partial charge in [-0.05, 0) is 55.3 Å². The number of H-pyrrole nitrogens is 1. The van der Waals surface area contributed by atoms with Crippen LogP contribution in [0.2, 0.25) is 0 Å². The monoisotopic (exact) mass is 311 g/mol. The van der Waals surface area contributed by atoms with Crippen LogP contribution in [-0.4, -0.2) is 19.9 Å². The number of halogens is 1. The summed E-state index contributed by atoms with van der Waals surface area (Å²) in [6.45, 7) is 5.77. The number of aryl methyl sites for hydroxylation is 1. The Morgan fingerprint density at radius 3 is 2.86 bits per heavy atom. The van der Waals surface area contributed by atoms with Gasteiger partial charge in [0, 0.05) is 11.4 Å². The van der Waals surface area contributed by atoms with Gasteiger partial charge >= 0.3 is 5.69 Å². The minimum Gasteiger partial charge on any atom is -0.389 e. The zero-order chi connectivity index (χ0) is 15.6. The molecule has 0 radical (unpaired) electrons. The van der Waals surface area contributed by atoms with Gasteiger partial charge in [-0.3, -0.25) is 4.57 Å². The topological polar surface area (TPSA) is 70.9 Å². The molecule has 0 bridgehead atoms. The van der Waals surface area contributed by atoms with Gasteiger partial charge in [0.1, 0.15) is 5.82 Å². The molecule has 21 heavy (non-hydrogen) atoms. The van der Waals surface area contributed by atoms with Crippen molar-refractivity contribution in [3.8, 4) is 0 Å². The number of rotatable bonds is 5. The van der Waals surface area contributed by atoms with E-state index in [1.807, 2.05) is 6.92 Å². The van der Waals surface area contributed by atoms with E-state index in [2.05, 4.69) is 10.2 Å². The van der Waals surface area contributed by atoms with Crippen LogP contribution in [-0.2, 0) is 6.54 Å². The predicted molar refractivity (Wildman–Crippen MR) is 79.0 cm³/mol. The van der Waals surface area contributed by atoms with Crippen LogP contribution in [0.25, 0.3) is 0 Å². The van der Waals surface area contributed by atoms with Crippen molar-refractivity contribution in [3.05, 3.63) is 39.6 Å². The molecule has 0 amide bonds. The molecule has 5 nitrogen and oxygen atoms in total. The van der Waals surface area contributed by atoms with Crippen molar-refractivity contribution in [1.82, 2.24) is 14.8 Å². The van der Waals surface area contributed by atoms with Gasteiger partial charge in [-0.2, -0.15) is 0 Å². The molecule has 0 unspecified atom stereocenters. The van der Waals surface area contributed by atoms with Crippen molar-refractivity contribution >= 4 is 11.8 Å². The molecule has 1 atom stereocenters. The fraction of sp³-hybridized carbons (Fsp3) is 0.429. The maximum absolute atomic E-state index is 13.7. The van der Waals surface area contributed by atoms with E-state index in [1.54, 1.807) is 19.9 Å². The number of nitrogens with one attached hydrogen (secondary N) is 1. The summed E-state index contributed by atoms with van der Waals surface area (Å²) < 4.78 is 15.2. The summed E-state index contributed by atoms with van der Waals surface area (Å²) in [7, 11) is 0. The number of hydrogen-bond acceptors (Lipinski definition) is 4. The van der Waals surface area contributed by atoms with Crippen LogP contribution in [0.3, 0.4) is 0 Å². The smallest absolute Gasteiger partial charge is 0.343 e. The van der Waals surface area contributed by atoms with Crippen molar-refractivity contribution in [3.63, 3.8) is 0 Å². The Morgan fingerprint density at radius 1 is 1.52 bits per heavy atom. The third-order valence-electron chi connectivity index (χ3n) is 3.11. The van der Waals surface area contributed by atoms with E-state index in [0.717, 1.165) is 6.42 Å². The SMILES string of the molecule is CCCn1c(Sc2cc(C)c(F)cc2[C@H](C)O)n[nH]c1=O. The van der Waals surface area contributed by atoms with Crippen molar-refractivity contribution in [2.75, 3.05) is 0 Å². The van der Waals surface area contributed by atoms with Crippen LogP contribution in [0, 0.1) is 12.7 Å². The Bertz CT molecular complexity index is 694. The molecule has 0 saturated carbocycles. The second kappa shape index (κ2) is 6.44. The van der Waals surface area contributed by atoms with Gasteiger partial charge in [0.25, 0.3) is 0 Å². The van der Waals surface area contributed by atoms with Crippen LogP contribution in [0.15, 0.2) is 27.0 Å². The Hall–Kier alpha value is -1.60. The number of aliphatic hydroxyl groups is 1. The Labute approximate surface area is 126 Å². The van der Waals surface area contributed by atoms with Gasteiger partial charge in [0.05, 0.1) is 6.10 Å². The number of benzene rings is 1. The first-order valence-corrected chi connectivity index (χ1v) is 7.56. The van der Waals surface area contributed by atoms with Crippen LogP contribution in [0.4, 0.5) is 4.39 Å². The summed E-state index contributed by atoms with van der Waals surface area (Å²) >= 11 is 1.25. The molecule has 0 spiro atoms. The van der Waals surface area contributed by atoms with Gasteiger partial charge in [-0.25, -0.2) is 14.3 Å².